The van der Waals surface area contributed by atoms with Gasteiger partial charge in [0.2, 0.25) is 0 Å². The molecule has 0 unspecified atom stereocenters. The van der Waals surface area contributed by atoms with Gasteiger partial charge in [0, 0.05) is 35.3 Å². The lowest BCUT2D eigenvalue weighted by molar-refractivity contribution is 0.201. The fourth-order valence-electron chi connectivity index (χ4n) is 3.92. The largest absolute Gasteiger partial charge is 0.493 e. The van der Waals surface area contributed by atoms with Gasteiger partial charge in [0.1, 0.15) is 0 Å². The number of methoxy groups -OCH3 is 1. The first-order valence-electron chi connectivity index (χ1n) is 9.75. The Bertz CT molecular complexity index is 914. The van der Waals surface area contributed by atoms with Crippen LogP contribution in [0.3, 0.4) is 0 Å². The molecule has 4 nitrogen and oxygen atoms in total. The number of ether oxygens (including phenoxy) is 2. The summed E-state index contributed by atoms with van der Waals surface area (Å²) in [7, 11) is 1.70. The summed E-state index contributed by atoms with van der Waals surface area (Å²) in [5, 5.41) is 2.34. The summed E-state index contributed by atoms with van der Waals surface area (Å²) in [6, 6.07) is 14.6. The molecule has 0 amide bonds. The first kappa shape index (κ1) is 17.7. The molecule has 0 spiro atoms. The average Bonchev–Trinajstić information content (AvgIpc) is 3.22. The van der Waals surface area contributed by atoms with Crippen LogP contribution in [0.5, 0.6) is 11.5 Å². The van der Waals surface area contributed by atoms with Crippen molar-refractivity contribution in [3.05, 3.63) is 54.9 Å². The average molecular weight is 362 g/mol. The van der Waals surface area contributed by atoms with Crippen molar-refractivity contribution < 1.29 is 9.47 Å². The van der Waals surface area contributed by atoms with E-state index in [1.165, 1.54) is 18.2 Å². The third-order valence-electron chi connectivity index (χ3n) is 5.31. The molecular weight excluding hydrogens is 336 g/mol. The van der Waals surface area contributed by atoms with E-state index in [4.69, 9.17) is 9.47 Å². The molecule has 1 aliphatic rings. The van der Waals surface area contributed by atoms with E-state index in [-0.39, 0.29) is 0 Å². The van der Waals surface area contributed by atoms with Crippen LogP contribution in [-0.4, -0.2) is 24.7 Å². The summed E-state index contributed by atoms with van der Waals surface area (Å²) in [4.78, 5) is 6.72. The lowest BCUT2D eigenvalue weighted by Gasteiger charge is -2.26. The second-order valence-corrected chi connectivity index (χ2v) is 6.98. The Morgan fingerprint density at radius 2 is 1.85 bits per heavy atom. The first-order valence-corrected chi connectivity index (χ1v) is 9.75. The highest BCUT2D eigenvalue weighted by atomic mass is 16.5. The molecule has 0 aliphatic heterocycles. The molecule has 1 fully saturated rings. The third-order valence-corrected chi connectivity index (χ3v) is 5.31. The number of benzene rings is 2. The summed E-state index contributed by atoms with van der Waals surface area (Å²) in [5.41, 5.74) is 2.19. The van der Waals surface area contributed by atoms with E-state index in [9.17, 15) is 0 Å². The van der Waals surface area contributed by atoms with E-state index in [0.717, 1.165) is 47.6 Å². The van der Waals surface area contributed by atoms with Gasteiger partial charge in [-0.15, -0.1) is 0 Å². The van der Waals surface area contributed by atoms with Crippen molar-refractivity contribution in [2.45, 2.75) is 38.7 Å². The monoisotopic (exact) mass is 362 g/mol. The molecule has 3 aromatic rings. The van der Waals surface area contributed by atoms with E-state index >= 15 is 0 Å². The number of rotatable bonds is 6. The number of hydrogen-bond acceptors (Lipinski definition) is 4. The van der Waals surface area contributed by atoms with Gasteiger partial charge in [0.25, 0.3) is 0 Å². The Hall–Kier alpha value is -2.75. The highest BCUT2D eigenvalue weighted by molar-refractivity contribution is 5.95. The SMILES string of the molecule is CCN(c1ccc(OC)c(OC2CCCC2)c1)c1cncc2ccccc12. The van der Waals surface area contributed by atoms with Crippen LogP contribution in [0.25, 0.3) is 10.8 Å². The summed E-state index contributed by atoms with van der Waals surface area (Å²) in [6.45, 7) is 2.99. The fourth-order valence-corrected chi connectivity index (χ4v) is 3.92. The van der Waals surface area contributed by atoms with E-state index in [1.807, 2.05) is 24.5 Å². The number of anilines is 2. The van der Waals surface area contributed by atoms with Crippen molar-refractivity contribution in [3.63, 3.8) is 0 Å². The van der Waals surface area contributed by atoms with Crippen molar-refractivity contribution in [1.82, 2.24) is 4.98 Å². The summed E-state index contributed by atoms with van der Waals surface area (Å²) >= 11 is 0. The topological polar surface area (TPSA) is 34.6 Å². The number of nitrogens with zero attached hydrogens (tertiary/aromatic N) is 2. The van der Waals surface area contributed by atoms with Gasteiger partial charge in [-0.1, -0.05) is 24.3 Å². The number of fused-ring (bicyclic) bond motifs is 1. The zero-order valence-electron chi connectivity index (χ0n) is 16.0. The van der Waals surface area contributed by atoms with Gasteiger partial charge in [-0.25, -0.2) is 0 Å². The smallest absolute Gasteiger partial charge is 0.163 e. The van der Waals surface area contributed by atoms with Crippen LogP contribution < -0.4 is 14.4 Å². The predicted octanol–water partition coefficient (Wildman–Crippen LogP) is 5.72. The standard InChI is InChI=1S/C23H26N2O2/c1-3-25(21-16-24-15-17-8-4-7-11-20(17)21)18-12-13-22(26-2)23(14-18)27-19-9-5-6-10-19/h4,7-8,11-16,19H,3,5-6,9-10H2,1-2H3. The van der Waals surface area contributed by atoms with E-state index in [1.54, 1.807) is 7.11 Å². The Kier molecular flexibility index (Phi) is 5.14. The number of hydrogen-bond donors (Lipinski definition) is 0. The molecule has 0 saturated heterocycles. The Labute approximate surface area is 160 Å². The molecule has 0 radical (unpaired) electrons. The van der Waals surface area contributed by atoms with Crippen LogP contribution >= 0.6 is 0 Å². The minimum Gasteiger partial charge on any atom is -0.493 e. The van der Waals surface area contributed by atoms with E-state index in [2.05, 4.69) is 47.1 Å². The third kappa shape index (κ3) is 3.57. The van der Waals surface area contributed by atoms with Gasteiger partial charge >= 0.3 is 0 Å². The lowest BCUT2D eigenvalue weighted by Crippen LogP contribution is -2.17. The zero-order valence-corrected chi connectivity index (χ0v) is 16.0. The molecule has 4 heteroatoms. The highest BCUT2D eigenvalue weighted by Gasteiger charge is 2.20. The molecule has 2 aromatic carbocycles. The van der Waals surface area contributed by atoms with Gasteiger partial charge in [-0.2, -0.15) is 0 Å². The van der Waals surface area contributed by atoms with E-state index < -0.39 is 0 Å². The van der Waals surface area contributed by atoms with Gasteiger partial charge in [-0.3, -0.25) is 4.98 Å². The number of pyridine rings is 1. The molecule has 4 rings (SSSR count). The van der Waals surface area contributed by atoms with Gasteiger partial charge in [0.05, 0.1) is 25.1 Å². The second kappa shape index (κ2) is 7.87. The van der Waals surface area contributed by atoms with Crippen molar-refractivity contribution in [3.8, 4) is 11.5 Å². The van der Waals surface area contributed by atoms with Crippen LogP contribution in [0, 0.1) is 0 Å². The molecule has 1 saturated carbocycles. The minimum absolute atomic E-state index is 0.295. The molecular formula is C23H26N2O2. The molecule has 27 heavy (non-hydrogen) atoms. The van der Waals surface area contributed by atoms with Crippen LogP contribution in [0.2, 0.25) is 0 Å². The molecule has 140 valence electrons. The Balaban J connectivity index is 1.73. The van der Waals surface area contributed by atoms with Crippen LogP contribution in [0.4, 0.5) is 11.4 Å². The zero-order chi connectivity index (χ0) is 18.6. The quantitative estimate of drug-likeness (QED) is 0.561. The van der Waals surface area contributed by atoms with Crippen molar-refractivity contribution in [2.24, 2.45) is 0 Å². The molecule has 1 aliphatic carbocycles. The molecule has 1 heterocycles. The molecule has 0 bridgehead atoms. The Morgan fingerprint density at radius 1 is 1.04 bits per heavy atom. The minimum atomic E-state index is 0.295. The molecule has 1 aromatic heterocycles. The maximum Gasteiger partial charge on any atom is 0.163 e. The molecule has 0 atom stereocenters. The lowest BCUT2D eigenvalue weighted by atomic mass is 10.1. The maximum absolute atomic E-state index is 6.29. The summed E-state index contributed by atoms with van der Waals surface area (Å²) in [5.74, 6) is 1.62. The highest BCUT2D eigenvalue weighted by Crippen LogP contribution is 2.38. The first-order chi connectivity index (χ1) is 13.3. The van der Waals surface area contributed by atoms with Gasteiger partial charge in [0.15, 0.2) is 11.5 Å². The fraction of sp³-hybridized carbons (Fsp3) is 0.348. The van der Waals surface area contributed by atoms with Crippen molar-refractivity contribution >= 4 is 22.1 Å². The summed E-state index contributed by atoms with van der Waals surface area (Å²) < 4.78 is 11.8. The van der Waals surface area contributed by atoms with Crippen LogP contribution in [0.15, 0.2) is 54.9 Å². The van der Waals surface area contributed by atoms with Gasteiger partial charge < -0.3 is 14.4 Å². The van der Waals surface area contributed by atoms with Crippen LogP contribution in [0.1, 0.15) is 32.6 Å². The van der Waals surface area contributed by atoms with E-state index in [0.29, 0.717) is 6.10 Å². The van der Waals surface area contributed by atoms with Crippen molar-refractivity contribution in [1.29, 1.82) is 0 Å². The Morgan fingerprint density at radius 3 is 2.63 bits per heavy atom. The summed E-state index contributed by atoms with van der Waals surface area (Å²) in [6.07, 6.45) is 8.88. The predicted molar refractivity (Wildman–Crippen MR) is 110 cm³/mol. The molecule has 0 N–H and O–H groups in total. The maximum atomic E-state index is 6.29. The number of aromatic nitrogens is 1. The van der Waals surface area contributed by atoms with Crippen molar-refractivity contribution in [2.75, 3.05) is 18.6 Å². The van der Waals surface area contributed by atoms with Crippen LogP contribution in [-0.2, 0) is 0 Å². The second-order valence-electron chi connectivity index (χ2n) is 6.98. The van der Waals surface area contributed by atoms with Gasteiger partial charge in [-0.05, 0) is 44.7 Å². The normalized spacial score (nSPS) is 14.4.